The Morgan fingerprint density at radius 2 is 1.91 bits per heavy atom. The molecule has 1 aromatic heterocycles. The molecule has 0 amide bonds. The van der Waals surface area contributed by atoms with E-state index in [0.717, 1.165) is 22.8 Å². The van der Waals surface area contributed by atoms with E-state index < -0.39 is 0 Å². The smallest absolute Gasteiger partial charge is 0.153 e. The van der Waals surface area contributed by atoms with Gasteiger partial charge in [-0.3, -0.25) is 4.84 Å². The number of anilines is 1. The van der Waals surface area contributed by atoms with Crippen LogP contribution in [0.1, 0.15) is 24.3 Å². The molecule has 0 saturated carbocycles. The molecule has 0 fully saturated rings. The molecule has 0 radical (unpaired) electrons. The van der Waals surface area contributed by atoms with E-state index in [1.807, 2.05) is 54.5 Å². The molecule has 1 atom stereocenters. The Labute approximate surface area is 131 Å². The van der Waals surface area contributed by atoms with Gasteiger partial charge in [0.1, 0.15) is 11.9 Å². The molecule has 1 aliphatic heterocycles. The lowest BCUT2D eigenvalue weighted by Gasteiger charge is -2.32. The number of ether oxygens (including phenoxy) is 1. The normalized spacial score (nSPS) is 18.0. The van der Waals surface area contributed by atoms with E-state index in [2.05, 4.69) is 18.0 Å². The maximum atomic E-state index is 6.16. The van der Waals surface area contributed by atoms with E-state index >= 15 is 0 Å². The number of hydrogen-bond donors (Lipinski definition) is 0. The van der Waals surface area contributed by atoms with Gasteiger partial charge in [0, 0.05) is 5.69 Å². The highest BCUT2D eigenvalue weighted by molar-refractivity contribution is 5.40. The molecule has 0 saturated heterocycles. The highest BCUT2D eigenvalue weighted by Gasteiger charge is 2.23. The van der Waals surface area contributed by atoms with Crippen LogP contribution in [-0.2, 0) is 4.84 Å². The predicted molar refractivity (Wildman–Crippen MR) is 86.9 cm³/mol. The van der Waals surface area contributed by atoms with E-state index in [4.69, 9.17) is 9.57 Å². The first kappa shape index (κ1) is 14.6. The van der Waals surface area contributed by atoms with Gasteiger partial charge in [0.15, 0.2) is 5.82 Å². The summed E-state index contributed by atoms with van der Waals surface area (Å²) in [7, 11) is 1.67. The molecular weight excluding hydrogens is 276 g/mol. The lowest BCUT2D eigenvalue weighted by molar-refractivity contribution is 0.0484. The van der Waals surface area contributed by atoms with Gasteiger partial charge in [0.25, 0.3) is 0 Å². The van der Waals surface area contributed by atoms with Gasteiger partial charge in [-0.25, -0.2) is 10.0 Å². The summed E-state index contributed by atoms with van der Waals surface area (Å²) in [5, 5.41) is 1.84. The van der Waals surface area contributed by atoms with Crippen LogP contribution in [-0.4, -0.2) is 18.6 Å². The Bertz CT molecular complexity index is 680. The molecule has 2 heterocycles. The first-order valence-corrected chi connectivity index (χ1v) is 7.36. The highest BCUT2D eigenvalue weighted by atomic mass is 16.7. The highest BCUT2D eigenvalue weighted by Crippen LogP contribution is 2.32. The molecule has 4 heteroatoms. The van der Waals surface area contributed by atoms with E-state index in [0.29, 0.717) is 6.54 Å². The van der Waals surface area contributed by atoms with Crippen LogP contribution in [0.3, 0.4) is 0 Å². The largest absolute Gasteiger partial charge is 0.497 e. The van der Waals surface area contributed by atoms with Crippen molar-refractivity contribution in [2.45, 2.75) is 20.0 Å². The standard InChI is InChI=1S/C18H20N2O2/c1-13-11-12-20(17-6-4-5-14(2)19-17)22-18(13)15-7-9-16(21-3)10-8-15/h4-11,18H,12H2,1-3H3/t18-/m1/s1. The molecule has 4 nitrogen and oxygen atoms in total. The van der Waals surface area contributed by atoms with Crippen molar-refractivity contribution >= 4 is 5.82 Å². The Hall–Kier alpha value is -2.33. The summed E-state index contributed by atoms with van der Waals surface area (Å²) in [6, 6.07) is 13.9. The number of hydrogen-bond acceptors (Lipinski definition) is 4. The summed E-state index contributed by atoms with van der Waals surface area (Å²) < 4.78 is 5.21. The molecule has 22 heavy (non-hydrogen) atoms. The number of pyridine rings is 1. The summed E-state index contributed by atoms with van der Waals surface area (Å²) in [4.78, 5) is 10.7. The summed E-state index contributed by atoms with van der Waals surface area (Å²) in [6.07, 6.45) is 2.09. The minimum Gasteiger partial charge on any atom is -0.497 e. The van der Waals surface area contributed by atoms with Crippen molar-refractivity contribution in [2.75, 3.05) is 18.7 Å². The zero-order valence-electron chi connectivity index (χ0n) is 13.1. The van der Waals surface area contributed by atoms with Gasteiger partial charge in [0.2, 0.25) is 0 Å². The number of hydroxylamine groups is 1. The van der Waals surface area contributed by atoms with Crippen molar-refractivity contribution in [3.05, 3.63) is 65.4 Å². The minimum atomic E-state index is -0.0954. The number of nitrogens with zero attached hydrogens (tertiary/aromatic N) is 2. The topological polar surface area (TPSA) is 34.6 Å². The fourth-order valence-electron chi connectivity index (χ4n) is 2.50. The SMILES string of the molecule is COc1ccc([C@@H]2ON(c3cccc(C)n3)CC=C2C)cc1. The van der Waals surface area contributed by atoms with Crippen LogP contribution < -0.4 is 9.80 Å². The molecular formula is C18H20N2O2. The van der Waals surface area contributed by atoms with Gasteiger partial charge < -0.3 is 4.74 Å². The lowest BCUT2D eigenvalue weighted by Crippen LogP contribution is -2.31. The predicted octanol–water partition coefficient (Wildman–Crippen LogP) is 3.84. The van der Waals surface area contributed by atoms with Crippen LogP contribution in [0.15, 0.2) is 54.1 Å². The second-order valence-electron chi connectivity index (χ2n) is 5.40. The summed E-state index contributed by atoms with van der Waals surface area (Å²) in [5.74, 6) is 1.68. The van der Waals surface area contributed by atoms with Gasteiger partial charge in [-0.2, -0.15) is 0 Å². The molecule has 0 unspecified atom stereocenters. The number of aryl methyl sites for hydroxylation is 1. The van der Waals surface area contributed by atoms with Crippen LogP contribution in [0.2, 0.25) is 0 Å². The third kappa shape index (κ3) is 2.97. The van der Waals surface area contributed by atoms with Crippen LogP contribution in [0.25, 0.3) is 0 Å². The molecule has 0 bridgehead atoms. The zero-order valence-corrected chi connectivity index (χ0v) is 13.1. The van der Waals surface area contributed by atoms with E-state index in [-0.39, 0.29) is 6.10 Å². The molecule has 3 rings (SSSR count). The van der Waals surface area contributed by atoms with E-state index in [9.17, 15) is 0 Å². The number of rotatable bonds is 3. The fourth-order valence-corrected chi connectivity index (χ4v) is 2.50. The minimum absolute atomic E-state index is 0.0954. The first-order chi connectivity index (χ1) is 10.7. The molecule has 0 aliphatic carbocycles. The van der Waals surface area contributed by atoms with Crippen molar-refractivity contribution < 1.29 is 9.57 Å². The Balaban J connectivity index is 1.85. The second kappa shape index (κ2) is 6.20. The monoisotopic (exact) mass is 296 g/mol. The fraction of sp³-hybridized carbons (Fsp3) is 0.278. The van der Waals surface area contributed by atoms with Crippen molar-refractivity contribution in [3.63, 3.8) is 0 Å². The van der Waals surface area contributed by atoms with Crippen molar-refractivity contribution in [1.82, 2.24) is 4.98 Å². The van der Waals surface area contributed by atoms with Crippen molar-refractivity contribution in [1.29, 1.82) is 0 Å². The van der Waals surface area contributed by atoms with Crippen molar-refractivity contribution in [3.8, 4) is 5.75 Å². The average molecular weight is 296 g/mol. The van der Waals surface area contributed by atoms with Gasteiger partial charge in [-0.1, -0.05) is 24.3 Å². The van der Waals surface area contributed by atoms with Crippen LogP contribution >= 0.6 is 0 Å². The third-order valence-electron chi connectivity index (χ3n) is 3.77. The van der Waals surface area contributed by atoms with Gasteiger partial charge in [-0.15, -0.1) is 0 Å². The maximum absolute atomic E-state index is 6.16. The second-order valence-corrected chi connectivity index (χ2v) is 5.40. The third-order valence-corrected chi connectivity index (χ3v) is 3.77. The molecule has 1 aromatic carbocycles. The maximum Gasteiger partial charge on any atom is 0.153 e. The van der Waals surface area contributed by atoms with Crippen LogP contribution in [0.4, 0.5) is 5.82 Å². The van der Waals surface area contributed by atoms with Crippen LogP contribution in [0, 0.1) is 6.92 Å². The summed E-state index contributed by atoms with van der Waals surface area (Å²) in [5.41, 5.74) is 3.29. The molecule has 2 aromatic rings. The molecule has 114 valence electrons. The van der Waals surface area contributed by atoms with E-state index in [1.54, 1.807) is 7.11 Å². The van der Waals surface area contributed by atoms with Gasteiger partial charge in [-0.05, 0) is 49.2 Å². The van der Waals surface area contributed by atoms with Gasteiger partial charge in [0.05, 0.1) is 13.7 Å². The van der Waals surface area contributed by atoms with Crippen molar-refractivity contribution in [2.24, 2.45) is 0 Å². The van der Waals surface area contributed by atoms with E-state index in [1.165, 1.54) is 5.57 Å². The summed E-state index contributed by atoms with van der Waals surface area (Å²) >= 11 is 0. The molecule has 0 spiro atoms. The Kier molecular flexibility index (Phi) is 4.11. The number of aromatic nitrogens is 1. The molecule has 1 aliphatic rings. The average Bonchev–Trinajstić information content (AvgIpc) is 2.55. The number of methoxy groups -OCH3 is 1. The number of benzene rings is 1. The lowest BCUT2D eigenvalue weighted by atomic mass is 10.0. The van der Waals surface area contributed by atoms with Crippen LogP contribution in [0.5, 0.6) is 5.75 Å². The quantitative estimate of drug-likeness (QED) is 0.806. The molecule has 0 N–H and O–H groups in total. The summed E-state index contributed by atoms with van der Waals surface area (Å²) in [6.45, 7) is 4.78. The van der Waals surface area contributed by atoms with Gasteiger partial charge >= 0.3 is 0 Å². The first-order valence-electron chi connectivity index (χ1n) is 7.36. The zero-order chi connectivity index (χ0) is 15.5. The Morgan fingerprint density at radius 3 is 2.59 bits per heavy atom. The Morgan fingerprint density at radius 1 is 1.14 bits per heavy atom.